The molecule has 0 aliphatic carbocycles. The molecule has 0 N–H and O–H groups in total. The predicted molar refractivity (Wildman–Crippen MR) is 88.3 cm³/mol. The highest BCUT2D eigenvalue weighted by molar-refractivity contribution is 6.00. The third-order valence-corrected chi connectivity index (χ3v) is 4.92. The maximum Gasteiger partial charge on any atom is 0.254 e. The minimum atomic E-state index is -0.0397. The van der Waals surface area contributed by atoms with E-state index in [0.717, 1.165) is 30.5 Å². The van der Waals surface area contributed by atoms with Crippen LogP contribution in [0.4, 0.5) is 0 Å². The Balaban J connectivity index is 1.41. The van der Waals surface area contributed by atoms with Gasteiger partial charge in [0.2, 0.25) is 5.91 Å². The Morgan fingerprint density at radius 1 is 1.29 bits per heavy atom. The van der Waals surface area contributed by atoms with Crippen molar-refractivity contribution in [1.29, 1.82) is 0 Å². The Kier molecular flexibility index (Phi) is 3.80. The average Bonchev–Trinajstić information content (AvgIpc) is 3.25. The Bertz CT molecular complexity index is 756. The first-order chi connectivity index (χ1) is 11.7. The first-order valence-electron chi connectivity index (χ1n) is 8.35. The number of carbonyl (C=O) groups excluding carboxylic acids is 2. The molecule has 1 aromatic heterocycles. The first-order valence-corrected chi connectivity index (χ1v) is 8.35. The Morgan fingerprint density at radius 2 is 2.17 bits per heavy atom. The van der Waals surface area contributed by atoms with Crippen LogP contribution in [0.25, 0.3) is 0 Å². The van der Waals surface area contributed by atoms with Crippen molar-refractivity contribution in [2.75, 3.05) is 19.6 Å². The zero-order valence-corrected chi connectivity index (χ0v) is 13.5. The van der Waals surface area contributed by atoms with Crippen molar-refractivity contribution in [3.63, 3.8) is 0 Å². The predicted octanol–water partition coefficient (Wildman–Crippen LogP) is 1.70. The Hall–Kier alpha value is -2.63. The molecule has 0 bridgehead atoms. The molecule has 0 spiro atoms. The van der Waals surface area contributed by atoms with Gasteiger partial charge in [0.15, 0.2) is 0 Å². The number of fused-ring (bicyclic) bond motifs is 1. The number of hydrogen-bond acceptors (Lipinski definition) is 3. The SMILES string of the molecule is O=C(CN1Cc2ccccc2C1=O)N1CCCC(n2ccnc2)C1. The molecule has 1 unspecified atom stereocenters. The van der Waals surface area contributed by atoms with Gasteiger partial charge in [-0.3, -0.25) is 9.59 Å². The topological polar surface area (TPSA) is 58.4 Å². The molecular weight excluding hydrogens is 304 g/mol. The number of nitrogens with zero attached hydrogens (tertiary/aromatic N) is 4. The molecule has 2 aliphatic rings. The molecule has 0 saturated carbocycles. The Labute approximate surface area is 140 Å². The fourth-order valence-corrected chi connectivity index (χ4v) is 3.62. The molecule has 1 saturated heterocycles. The fourth-order valence-electron chi connectivity index (χ4n) is 3.62. The summed E-state index contributed by atoms with van der Waals surface area (Å²) in [7, 11) is 0. The van der Waals surface area contributed by atoms with Gasteiger partial charge in [-0.1, -0.05) is 18.2 Å². The van der Waals surface area contributed by atoms with Gasteiger partial charge in [-0.2, -0.15) is 0 Å². The molecule has 2 aliphatic heterocycles. The standard InChI is InChI=1S/C18H20N4O2/c23-17(12-22-10-14-4-1-2-6-16(14)18(22)24)20-8-3-5-15(11-20)21-9-7-19-13-21/h1-2,4,6-7,9,13,15H,3,5,8,10-12H2. The largest absolute Gasteiger partial charge is 0.339 e. The van der Waals surface area contributed by atoms with Gasteiger partial charge in [0.1, 0.15) is 6.54 Å². The van der Waals surface area contributed by atoms with Crippen LogP contribution in [-0.4, -0.2) is 50.8 Å². The van der Waals surface area contributed by atoms with Gasteiger partial charge < -0.3 is 14.4 Å². The van der Waals surface area contributed by atoms with Crippen LogP contribution in [0.15, 0.2) is 43.0 Å². The normalized spacial score (nSPS) is 20.3. The van der Waals surface area contributed by atoms with Gasteiger partial charge in [-0.05, 0) is 24.5 Å². The van der Waals surface area contributed by atoms with Crippen molar-refractivity contribution < 1.29 is 9.59 Å². The molecule has 2 aromatic rings. The summed E-state index contributed by atoms with van der Waals surface area (Å²) < 4.78 is 2.07. The molecule has 1 fully saturated rings. The van der Waals surface area contributed by atoms with Gasteiger partial charge in [-0.15, -0.1) is 0 Å². The molecule has 3 heterocycles. The van der Waals surface area contributed by atoms with E-state index in [2.05, 4.69) is 9.55 Å². The van der Waals surface area contributed by atoms with Crippen molar-refractivity contribution in [2.45, 2.75) is 25.4 Å². The smallest absolute Gasteiger partial charge is 0.254 e. The number of benzene rings is 1. The van der Waals surface area contributed by atoms with Crippen LogP contribution in [0.3, 0.4) is 0 Å². The maximum atomic E-state index is 12.7. The van der Waals surface area contributed by atoms with E-state index in [1.165, 1.54) is 0 Å². The van der Waals surface area contributed by atoms with Crippen molar-refractivity contribution in [3.8, 4) is 0 Å². The molecule has 6 nitrogen and oxygen atoms in total. The minimum absolute atomic E-state index is 0.0287. The summed E-state index contributed by atoms with van der Waals surface area (Å²) in [6.07, 6.45) is 7.54. The van der Waals surface area contributed by atoms with Crippen LogP contribution in [0.5, 0.6) is 0 Å². The molecule has 24 heavy (non-hydrogen) atoms. The number of imidazole rings is 1. The number of hydrogen-bond donors (Lipinski definition) is 0. The summed E-state index contributed by atoms with van der Waals surface area (Å²) in [4.78, 5) is 32.7. The van der Waals surface area contributed by atoms with Crippen LogP contribution >= 0.6 is 0 Å². The lowest BCUT2D eigenvalue weighted by molar-refractivity contribution is -0.133. The molecule has 1 atom stereocenters. The van der Waals surface area contributed by atoms with Crippen molar-refractivity contribution in [3.05, 3.63) is 54.1 Å². The lowest BCUT2D eigenvalue weighted by Gasteiger charge is -2.34. The zero-order chi connectivity index (χ0) is 16.5. The highest BCUT2D eigenvalue weighted by atomic mass is 16.2. The van der Waals surface area contributed by atoms with E-state index in [9.17, 15) is 9.59 Å². The minimum Gasteiger partial charge on any atom is -0.339 e. The van der Waals surface area contributed by atoms with E-state index in [4.69, 9.17) is 0 Å². The summed E-state index contributed by atoms with van der Waals surface area (Å²) in [5.41, 5.74) is 1.73. The number of aromatic nitrogens is 2. The lowest BCUT2D eigenvalue weighted by atomic mass is 10.1. The number of amides is 2. The lowest BCUT2D eigenvalue weighted by Crippen LogP contribution is -2.45. The summed E-state index contributed by atoms with van der Waals surface area (Å²) in [6, 6.07) is 7.85. The molecular formula is C18H20N4O2. The second-order valence-corrected chi connectivity index (χ2v) is 6.46. The van der Waals surface area contributed by atoms with E-state index in [1.54, 1.807) is 17.4 Å². The maximum absolute atomic E-state index is 12.7. The first kappa shape index (κ1) is 14.9. The van der Waals surface area contributed by atoms with E-state index in [0.29, 0.717) is 13.1 Å². The fraction of sp³-hybridized carbons (Fsp3) is 0.389. The van der Waals surface area contributed by atoms with E-state index < -0.39 is 0 Å². The van der Waals surface area contributed by atoms with Gasteiger partial charge >= 0.3 is 0 Å². The second-order valence-electron chi connectivity index (χ2n) is 6.46. The molecule has 124 valence electrons. The molecule has 2 amide bonds. The molecule has 1 aromatic carbocycles. The quantitative estimate of drug-likeness (QED) is 0.863. The van der Waals surface area contributed by atoms with E-state index in [-0.39, 0.29) is 24.4 Å². The summed E-state index contributed by atoms with van der Waals surface area (Å²) in [5.74, 6) is -0.0110. The Morgan fingerprint density at radius 3 is 2.96 bits per heavy atom. The monoisotopic (exact) mass is 324 g/mol. The molecule has 0 radical (unpaired) electrons. The van der Waals surface area contributed by atoms with Crippen molar-refractivity contribution >= 4 is 11.8 Å². The highest BCUT2D eigenvalue weighted by Crippen LogP contribution is 2.24. The number of likely N-dealkylation sites (tertiary alicyclic amines) is 1. The average molecular weight is 324 g/mol. The van der Waals surface area contributed by atoms with E-state index in [1.807, 2.05) is 35.4 Å². The van der Waals surface area contributed by atoms with Crippen LogP contribution in [0.2, 0.25) is 0 Å². The van der Waals surface area contributed by atoms with E-state index >= 15 is 0 Å². The summed E-state index contributed by atoms with van der Waals surface area (Å²) in [6.45, 7) is 2.13. The van der Waals surface area contributed by atoms with Gasteiger partial charge in [-0.25, -0.2) is 4.98 Å². The number of rotatable bonds is 3. The van der Waals surface area contributed by atoms with Crippen LogP contribution in [0, 0.1) is 0 Å². The highest BCUT2D eigenvalue weighted by Gasteiger charge is 2.31. The van der Waals surface area contributed by atoms with Crippen molar-refractivity contribution in [1.82, 2.24) is 19.4 Å². The van der Waals surface area contributed by atoms with Gasteiger partial charge in [0.05, 0.1) is 12.4 Å². The summed E-state index contributed by atoms with van der Waals surface area (Å²) in [5, 5.41) is 0. The van der Waals surface area contributed by atoms with Gasteiger partial charge in [0.25, 0.3) is 5.91 Å². The third kappa shape index (κ3) is 2.68. The number of piperidine rings is 1. The van der Waals surface area contributed by atoms with Crippen LogP contribution in [0.1, 0.15) is 34.8 Å². The number of carbonyl (C=O) groups is 2. The zero-order valence-electron chi connectivity index (χ0n) is 13.5. The van der Waals surface area contributed by atoms with Crippen molar-refractivity contribution in [2.24, 2.45) is 0 Å². The second kappa shape index (κ2) is 6.11. The molecule has 6 heteroatoms. The van der Waals surface area contributed by atoms with Crippen LogP contribution < -0.4 is 0 Å². The third-order valence-electron chi connectivity index (χ3n) is 4.92. The van der Waals surface area contributed by atoms with Crippen LogP contribution in [-0.2, 0) is 11.3 Å². The summed E-state index contributed by atoms with van der Waals surface area (Å²) >= 11 is 0. The van der Waals surface area contributed by atoms with Gasteiger partial charge in [0, 0.05) is 37.6 Å². The molecule has 4 rings (SSSR count).